The van der Waals surface area contributed by atoms with E-state index in [9.17, 15) is 14.7 Å². The summed E-state index contributed by atoms with van der Waals surface area (Å²) in [6, 6.07) is 6.74. The standard InChI is InChI=1S/C17H24N2O4/c1-18(2)15(20)11-23-14-7-4-6-13(10-14)16(21)19(3)12-17(22)8-5-9-17/h4,6-7,10,22H,5,8-9,11-12H2,1-3H3. The van der Waals surface area contributed by atoms with Crippen molar-refractivity contribution < 1.29 is 19.4 Å². The summed E-state index contributed by atoms with van der Waals surface area (Å²) in [6.45, 7) is 0.260. The molecule has 0 atom stereocenters. The van der Waals surface area contributed by atoms with Crippen LogP contribution in [0.15, 0.2) is 24.3 Å². The monoisotopic (exact) mass is 320 g/mol. The normalized spacial score (nSPS) is 15.5. The average Bonchev–Trinajstić information content (AvgIpc) is 2.50. The fraction of sp³-hybridized carbons (Fsp3) is 0.529. The van der Waals surface area contributed by atoms with Gasteiger partial charge in [-0.1, -0.05) is 6.07 Å². The minimum absolute atomic E-state index is 0.0692. The third kappa shape index (κ3) is 4.45. The third-order valence-corrected chi connectivity index (χ3v) is 4.10. The van der Waals surface area contributed by atoms with E-state index in [4.69, 9.17) is 4.74 Å². The lowest BCUT2D eigenvalue weighted by molar-refractivity contribution is -0.130. The molecule has 1 saturated carbocycles. The molecule has 1 N–H and O–H groups in total. The Balaban J connectivity index is 1.97. The molecule has 0 unspecified atom stereocenters. The van der Waals surface area contributed by atoms with Gasteiger partial charge in [-0.3, -0.25) is 9.59 Å². The first kappa shape index (κ1) is 17.3. The summed E-state index contributed by atoms with van der Waals surface area (Å²) in [5.74, 6) is 0.155. The zero-order chi connectivity index (χ0) is 17.0. The molecule has 0 spiro atoms. The molecule has 0 heterocycles. The number of ether oxygens (including phenoxy) is 1. The van der Waals surface area contributed by atoms with Gasteiger partial charge in [0.25, 0.3) is 11.8 Å². The van der Waals surface area contributed by atoms with Gasteiger partial charge in [-0.15, -0.1) is 0 Å². The number of amides is 2. The summed E-state index contributed by atoms with van der Waals surface area (Å²) in [5, 5.41) is 10.2. The molecule has 0 bridgehead atoms. The van der Waals surface area contributed by atoms with E-state index in [1.807, 2.05) is 0 Å². The molecule has 0 saturated heterocycles. The Bertz CT molecular complexity index is 582. The van der Waals surface area contributed by atoms with Crippen molar-refractivity contribution in [2.75, 3.05) is 34.3 Å². The zero-order valence-electron chi connectivity index (χ0n) is 13.9. The van der Waals surface area contributed by atoms with Crippen molar-refractivity contribution in [1.29, 1.82) is 0 Å². The van der Waals surface area contributed by atoms with Gasteiger partial charge in [-0.05, 0) is 37.5 Å². The Morgan fingerprint density at radius 2 is 1.96 bits per heavy atom. The van der Waals surface area contributed by atoms with Gasteiger partial charge in [0.2, 0.25) is 0 Å². The Labute approximate surface area is 136 Å². The average molecular weight is 320 g/mol. The third-order valence-electron chi connectivity index (χ3n) is 4.10. The zero-order valence-corrected chi connectivity index (χ0v) is 13.9. The van der Waals surface area contributed by atoms with Crippen LogP contribution in [0.3, 0.4) is 0 Å². The van der Waals surface area contributed by atoms with E-state index in [1.165, 1.54) is 9.80 Å². The highest BCUT2D eigenvalue weighted by atomic mass is 16.5. The highest BCUT2D eigenvalue weighted by molar-refractivity contribution is 5.94. The number of hydrogen-bond donors (Lipinski definition) is 1. The summed E-state index contributed by atoms with van der Waals surface area (Å²) in [4.78, 5) is 27.0. The highest BCUT2D eigenvalue weighted by Gasteiger charge is 2.36. The first-order valence-corrected chi connectivity index (χ1v) is 7.72. The number of benzene rings is 1. The topological polar surface area (TPSA) is 70.1 Å². The lowest BCUT2D eigenvalue weighted by atomic mass is 9.80. The molecule has 1 aromatic carbocycles. The van der Waals surface area contributed by atoms with Crippen LogP contribution in [-0.4, -0.2) is 66.6 Å². The molecule has 0 aromatic heterocycles. The first-order valence-electron chi connectivity index (χ1n) is 7.72. The smallest absolute Gasteiger partial charge is 0.259 e. The Kier molecular flexibility index (Phi) is 5.26. The maximum absolute atomic E-state index is 12.4. The van der Waals surface area contributed by atoms with Gasteiger partial charge in [-0.25, -0.2) is 0 Å². The molecular formula is C17H24N2O4. The van der Waals surface area contributed by atoms with Crippen molar-refractivity contribution in [3.63, 3.8) is 0 Å². The molecule has 0 radical (unpaired) electrons. The maximum atomic E-state index is 12.4. The predicted octanol–water partition coefficient (Wildman–Crippen LogP) is 1.14. The van der Waals surface area contributed by atoms with Gasteiger partial charge in [0.05, 0.1) is 5.60 Å². The van der Waals surface area contributed by atoms with E-state index in [0.29, 0.717) is 17.9 Å². The van der Waals surface area contributed by atoms with Crippen molar-refractivity contribution >= 4 is 11.8 Å². The second-order valence-corrected chi connectivity index (χ2v) is 6.34. The quantitative estimate of drug-likeness (QED) is 0.853. The van der Waals surface area contributed by atoms with Gasteiger partial charge < -0.3 is 19.6 Å². The van der Waals surface area contributed by atoms with Gasteiger partial charge >= 0.3 is 0 Å². The van der Waals surface area contributed by atoms with Crippen LogP contribution < -0.4 is 4.74 Å². The van der Waals surface area contributed by atoms with Crippen molar-refractivity contribution in [2.45, 2.75) is 24.9 Å². The molecule has 1 aliphatic carbocycles. The van der Waals surface area contributed by atoms with Gasteiger partial charge in [-0.2, -0.15) is 0 Å². The molecule has 6 heteroatoms. The molecule has 1 aliphatic rings. The molecule has 23 heavy (non-hydrogen) atoms. The van der Waals surface area contributed by atoms with Crippen molar-refractivity contribution in [3.05, 3.63) is 29.8 Å². The van der Waals surface area contributed by atoms with Crippen molar-refractivity contribution in [1.82, 2.24) is 9.80 Å². The van der Waals surface area contributed by atoms with E-state index < -0.39 is 5.60 Å². The van der Waals surface area contributed by atoms with Crippen LogP contribution in [0.5, 0.6) is 5.75 Å². The summed E-state index contributed by atoms with van der Waals surface area (Å²) in [7, 11) is 5.00. The Morgan fingerprint density at radius 3 is 2.52 bits per heavy atom. The van der Waals surface area contributed by atoms with E-state index >= 15 is 0 Å². The van der Waals surface area contributed by atoms with Crippen LogP contribution in [0.2, 0.25) is 0 Å². The molecule has 6 nitrogen and oxygen atoms in total. The molecule has 126 valence electrons. The van der Waals surface area contributed by atoms with Crippen molar-refractivity contribution in [3.8, 4) is 5.75 Å². The molecule has 1 aromatic rings. The number of nitrogens with zero attached hydrogens (tertiary/aromatic N) is 2. The summed E-state index contributed by atoms with van der Waals surface area (Å²) >= 11 is 0. The molecule has 1 fully saturated rings. The van der Waals surface area contributed by atoms with E-state index in [-0.39, 0.29) is 18.4 Å². The largest absolute Gasteiger partial charge is 0.484 e. The summed E-state index contributed by atoms with van der Waals surface area (Å²) < 4.78 is 5.42. The lowest BCUT2D eigenvalue weighted by Crippen LogP contribution is -2.48. The molecule has 0 aliphatic heterocycles. The second kappa shape index (κ2) is 7.00. The number of likely N-dealkylation sites (N-methyl/N-ethyl adjacent to an activating group) is 2. The summed E-state index contributed by atoms with van der Waals surface area (Å²) in [6.07, 6.45) is 2.47. The SMILES string of the molecule is CN(C)C(=O)COc1cccc(C(=O)N(C)CC2(O)CCC2)c1. The second-order valence-electron chi connectivity index (χ2n) is 6.34. The van der Waals surface area contributed by atoms with Crippen LogP contribution in [0, 0.1) is 0 Å². The lowest BCUT2D eigenvalue weighted by Gasteiger charge is -2.39. The number of hydrogen-bond acceptors (Lipinski definition) is 4. The maximum Gasteiger partial charge on any atom is 0.259 e. The molecule has 2 amide bonds. The van der Waals surface area contributed by atoms with Crippen LogP contribution in [0.1, 0.15) is 29.6 Å². The Hall–Kier alpha value is -2.08. The van der Waals surface area contributed by atoms with E-state index in [0.717, 1.165) is 19.3 Å². The number of carbonyl (C=O) groups is 2. The van der Waals surface area contributed by atoms with Crippen LogP contribution in [-0.2, 0) is 4.79 Å². The fourth-order valence-electron chi connectivity index (χ4n) is 2.47. The van der Waals surface area contributed by atoms with Crippen molar-refractivity contribution in [2.24, 2.45) is 0 Å². The molecule has 2 rings (SSSR count). The minimum atomic E-state index is -0.739. The van der Waals surface area contributed by atoms with Crippen LogP contribution in [0.4, 0.5) is 0 Å². The summed E-state index contributed by atoms with van der Waals surface area (Å²) in [5.41, 5.74) is -0.262. The number of aliphatic hydroxyl groups is 1. The highest BCUT2D eigenvalue weighted by Crippen LogP contribution is 2.32. The van der Waals surface area contributed by atoms with Gasteiger partial charge in [0.1, 0.15) is 5.75 Å². The minimum Gasteiger partial charge on any atom is -0.484 e. The van der Waals surface area contributed by atoms with Crippen LogP contribution in [0.25, 0.3) is 0 Å². The number of rotatable bonds is 6. The van der Waals surface area contributed by atoms with Gasteiger partial charge in [0, 0.05) is 33.3 Å². The predicted molar refractivity (Wildman–Crippen MR) is 86.4 cm³/mol. The van der Waals surface area contributed by atoms with Crippen LogP contribution >= 0.6 is 0 Å². The Morgan fingerprint density at radius 1 is 1.26 bits per heavy atom. The fourth-order valence-corrected chi connectivity index (χ4v) is 2.47. The van der Waals surface area contributed by atoms with E-state index in [2.05, 4.69) is 0 Å². The van der Waals surface area contributed by atoms with Gasteiger partial charge in [0.15, 0.2) is 6.61 Å². The van der Waals surface area contributed by atoms with E-state index in [1.54, 1.807) is 45.4 Å². The first-order chi connectivity index (χ1) is 10.8. The number of carbonyl (C=O) groups excluding carboxylic acids is 2. The molecular weight excluding hydrogens is 296 g/mol.